The molecule has 1 saturated carbocycles. The molecule has 1 aliphatic rings. The first-order chi connectivity index (χ1) is 7.15. The number of hydrogen-bond acceptors (Lipinski definition) is 0. The minimum atomic E-state index is 0.658. The zero-order chi connectivity index (χ0) is 10.8. The lowest BCUT2D eigenvalue weighted by molar-refractivity contribution is 0.211. The van der Waals surface area contributed by atoms with Crippen LogP contribution in [-0.2, 0) is 6.42 Å². The molecule has 0 spiro atoms. The average molecular weight is 202 g/mol. The maximum atomic E-state index is 2.40. The smallest absolute Gasteiger partial charge is 0.0219 e. The van der Waals surface area contributed by atoms with Crippen LogP contribution in [0, 0.1) is 11.8 Å². The lowest BCUT2D eigenvalue weighted by Crippen LogP contribution is -2.22. The van der Waals surface area contributed by atoms with Gasteiger partial charge < -0.3 is 0 Å². The fourth-order valence-corrected chi connectivity index (χ4v) is 2.65. The van der Waals surface area contributed by atoms with Crippen molar-refractivity contribution in [1.29, 1.82) is 0 Å². The van der Waals surface area contributed by atoms with Crippen LogP contribution >= 0.6 is 0 Å². The van der Waals surface area contributed by atoms with E-state index < -0.39 is 0 Å². The van der Waals surface area contributed by atoms with Crippen LogP contribution in [0.2, 0.25) is 0 Å². The highest BCUT2D eigenvalue weighted by Gasteiger charge is 2.25. The molecule has 0 heterocycles. The van der Waals surface area contributed by atoms with E-state index in [0.717, 1.165) is 11.8 Å². The van der Waals surface area contributed by atoms with Gasteiger partial charge in [0.1, 0.15) is 0 Å². The average Bonchev–Trinajstić information content (AvgIpc) is 2.16. The summed E-state index contributed by atoms with van der Waals surface area (Å²) in [6, 6.07) is 9.15. The Kier molecular flexibility index (Phi) is 3.14. The van der Waals surface area contributed by atoms with E-state index in [1.165, 1.54) is 30.4 Å². The lowest BCUT2D eigenvalue weighted by Gasteiger charge is -2.32. The van der Waals surface area contributed by atoms with E-state index >= 15 is 0 Å². The molecule has 0 unspecified atom stereocenters. The summed E-state index contributed by atoms with van der Waals surface area (Å²) in [6.45, 7) is 6.90. The van der Waals surface area contributed by atoms with Crippen molar-refractivity contribution >= 4 is 0 Å². The molecule has 0 nitrogen and oxygen atoms in total. The van der Waals surface area contributed by atoms with E-state index in [-0.39, 0.29) is 0 Å². The van der Waals surface area contributed by atoms with Crippen LogP contribution < -0.4 is 0 Å². The van der Waals surface area contributed by atoms with Gasteiger partial charge in [-0.3, -0.25) is 0 Å². The van der Waals surface area contributed by atoms with Gasteiger partial charge in [0.25, 0.3) is 0 Å². The van der Waals surface area contributed by atoms with Gasteiger partial charge in [0.05, 0.1) is 0 Å². The lowest BCUT2D eigenvalue weighted by atomic mass is 9.73. The molecule has 2 rings (SSSR count). The van der Waals surface area contributed by atoms with Crippen molar-refractivity contribution in [3.8, 4) is 0 Å². The molecule has 0 radical (unpaired) electrons. The van der Waals surface area contributed by atoms with Gasteiger partial charge >= 0.3 is 0 Å². The van der Waals surface area contributed by atoms with Crippen molar-refractivity contribution in [2.24, 2.45) is 11.8 Å². The van der Waals surface area contributed by atoms with E-state index in [4.69, 9.17) is 0 Å². The first-order valence-corrected chi connectivity index (χ1v) is 6.24. The highest BCUT2D eigenvalue weighted by molar-refractivity contribution is 5.26. The predicted octanol–water partition coefficient (Wildman–Crippen LogP) is 4.40. The van der Waals surface area contributed by atoms with Gasteiger partial charge in [-0.15, -0.1) is 0 Å². The van der Waals surface area contributed by atoms with Gasteiger partial charge in [-0.05, 0) is 48.1 Å². The Hall–Kier alpha value is -0.780. The van der Waals surface area contributed by atoms with Crippen molar-refractivity contribution in [3.63, 3.8) is 0 Å². The molecule has 0 bridgehead atoms. The van der Waals surface area contributed by atoms with Gasteiger partial charge in [-0.25, -0.2) is 0 Å². The highest BCUT2D eigenvalue weighted by Crippen LogP contribution is 2.35. The SMILES string of the molecule is CC1CC(Cc2cccc(C(C)C)c2)C1. The summed E-state index contributed by atoms with van der Waals surface area (Å²) >= 11 is 0. The first kappa shape index (κ1) is 10.7. The molecular weight excluding hydrogens is 180 g/mol. The molecule has 0 atom stereocenters. The maximum absolute atomic E-state index is 2.40. The summed E-state index contributed by atoms with van der Waals surface area (Å²) in [5, 5.41) is 0. The Morgan fingerprint density at radius 3 is 2.60 bits per heavy atom. The molecule has 82 valence electrons. The largest absolute Gasteiger partial charge is 0.0625 e. The van der Waals surface area contributed by atoms with Gasteiger partial charge in [0.15, 0.2) is 0 Å². The Bertz CT molecular complexity index is 319. The highest BCUT2D eigenvalue weighted by atomic mass is 14.3. The van der Waals surface area contributed by atoms with Crippen LogP contribution in [0.4, 0.5) is 0 Å². The van der Waals surface area contributed by atoms with E-state index in [2.05, 4.69) is 45.0 Å². The standard InChI is InChI=1S/C15H22/c1-11(2)15-6-4-5-13(10-15)9-14-7-12(3)8-14/h4-6,10-12,14H,7-9H2,1-3H3. The normalized spacial score (nSPS) is 25.3. The molecule has 0 saturated heterocycles. The van der Waals surface area contributed by atoms with Crippen molar-refractivity contribution in [3.05, 3.63) is 35.4 Å². The van der Waals surface area contributed by atoms with Gasteiger partial charge in [0, 0.05) is 0 Å². The zero-order valence-corrected chi connectivity index (χ0v) is 10.2. The monoisotopic (exact) mass is 202 g/mol. The Morgan fingerprint density at radius 2 is 2.00 bits per heavy atom. The van der Waals surface area contributed by atoms with Crippen molar-refractivity contribution in [2.75, 3.05) is 0 Å². The summed E-state index contributed by atoms with van der Waals surface area (Å²) < 4.78 is 0. The van der Waals surface area contributed by atoms with E-state index in [0.29, 0.717) is 5.92 Å². The maximum Gasteiger partial charge on any atom is -0.0219 e. The Balaban J connectivity index is 1.99. The Morgan fingerprint density at radius 1 is 1.27 bits per heavy atom. The number of benzene rings is 1. The third kappa shape index (κ3) is 2.62. The van der Waals surface area contributed by atoms with Crippen LogP contribution in [0.1, 0.15) is 50.7 Å². The van der Waals surface area contributed by atoms with E-state index in [9.17, 15) is 0 Å². The molecular formula is C15H22. The van der Waals surface area contributed by atoms with Crippen LogP contribution in [0.15, 0.2) is 24.3 Å². The molecule has 15 heavy (non-hydrogen) atoms. The van der Waals surface area contributed by atoms with Gasteiger partial charge in [-0.1, -0.05) is 45.0 Å². The molecule has 0 aromatic heterocycles. The van der Waals surface area contributed by atoms with Crippen molar-refractivity contribution < 1.29 is 0 Å². The second kappa shape index (κ2) is 4.38. The summed E-state index contributed by atoms with van der Waals surface area (Å²) in [5.41, 5.74) is 3.03. The fraction of sp³-hybridized carbons (Fsp3) is 0.600. The van der Waals surface area contributed by atoms with Crippen LogP contribution in [0.25, 0.3) is 0 Å². The molecule has 0 amide bonds. The molecule has 1 aromatic carbocycles. The predicted molar refractivity (Wildman–Crippen MR) is 66.1 cm³/mol. The molecule has 0 heteroatoms. The summed E-state index contributed by atoms with van der Waals surface area (Å²) in [7, 11) is 0. The van der Waals surface area contributed by atoms with E-state index in [1.54, 1.807) is 0 Å². The van der Waals surface area contributed by atoms with Crippen molar-refractivity contribution in [1.82, 2.24) is 0 Å². The summed E-state index contributed by atoms with van der Waals surface area (Å²) in [6.07, 6.45) is 4.17. The fourth-order valence-electron chi connectivity index (χ4n) is 2.65. The van der Waals surface area contributed by atoms with Gasteiger partial charge in [-0.2, -0.15) is 0 Å². The molecule has 0 N–H and O–H groups in total. The molecule has 1 fully saturated rings. The second-order valence-corrected chi connectivity index (χ2v) is 5.55. The third-order valence-corrected chi connectivity index (χ3v) is 3.61. The summed E-state index contributed by atoms with van der Waals surface area (Å²) in [4.78, 5) is 0. The van der Waals surface area contributed by atoms with Gasteiger partial charge in [0.2, 0.25) is 0 Å². The topological polar surface area (TPSA) is 0 Å². The van der Waals surface area contributed by atoms with Crippen LogP contribution in [0.5, 0.6) is 0 Å². The molecule has 1 aromatic rings. The second-order valence-electron chi connectivity index (χ2n) is 5.55. The Labute approximate surface area is 93.7 Å². The molecule has 0 aliphatic heterocycles. The molecule has 1 aliphatic carbocycles. The van der Waals surface area contributed by atoms with Crippen LogP contribution in [0.3, 0.4) is 0 Å². The van der Waals surface area contributed by atoms with E-state index in [1.807, 2.05) is 0 Å². The quantitative estimate of drug-likeness (QED) is 0.681. The first-order valence-electron chi connectivity index (χ1n) is 6.24. The minimum absolute atomic E-state index is 0.658. The number of hydrogen-bond donors (Lipinski definition) is 0. The summed E-state index contributed by atoms with van der Waals surface area (Å²) in [5.74, 6) is 2.59. The zero-order valence-electron chi connectivity index (χ0n) is 10.2. The van der Waals surface area contributed by atoms with Crippen LogP contribution in [-0.4, -0.2) is 0 Å². The number of rotatable bonds is 3. The van der Waals surface area contributed by atoms with Crippen molar-refractivity contribution in [2.45, 2.75) is 46.0 Å². The minimum Gasteiger partial charge on any atom is -0.0625 e. The third-order valence-electron chi connectivity index (χ3n) is 3.61.